The third-order valence-electron chi connectivity index (χ3n) is 4.64. The van der Waals surface area contributed by atoms with E-state index in [4.69, 9.17) is 4.74 Å². The van der Waals surface area contributed by atoms with Crippen LogP contribution in [0.3, 0.4) is 0 Å². The molecule has 2 aromatic rings. The van der Waals surface area contributed by atoms with Gasteiger partial charge in [-0.1, -0.05) is 31.2 Å². The van der Waals surface area contributed by atoms with E-state index in [2.05, 4.69) is 46.8 Å². The molecule has 0 fully saturated rings. The molecule has 0 bridgehead atoms. The van der Waals surface area contributed by atoms with Crippen molar-refractivity contribution in [2.75, 3.05) is 6.26 Å². The molecule has 0 aliphatic carbocycles. The van der Waals surface area contributed by atoms with E-state index in [1.54, 1.807) is 11.8 Å². The van der Waals surface area contributed by atoms with Gasteiger partial charge in [0.25, 0.3) is 0 Å². The summed E-state index contributed by atoms with van der Waals surface area (Å²) in [4.78, 5) is 1.20. The maximum atomic E-state index is 10.4. The Bertz CT molecular complexity index is 741. The number of thioether (sulfide) groups is 1. The first-order valence-corrected chi connectivity index (χ1v) is 10.3. The minimum absolute atomic E-state index is 0. The molecule has 1 N–H and O–H groups in total. The molecule has 0 saturated heterocycles. The summed E-state index contributed by atoms with van der Waals surface area (Å²) in [5, 5.41) is 10.4. The predicted molar refractivity (Wildman–Crippen MR) is 124 cm³/mol. The smallest absolute Gasteiger partial charge is 0.125 e. The van der Waals surface area contributed by atoms with Crippen molar-refractivity contribution in [2.45, 2.75) is 57.6 Å². The van der Waals surface area contributed by atoms with Crippen molar-refractivity contribution in [1.82, 2.24) is 0 Å². The van der Waals surface area contributed by atoms with Gasteiger partial charge in [-0.05, 0) is 86.9 Å². The number of aryl methyl sites for hydroxylation is 2. The molecule has 1 unspecified atom stereocenters. The van der Waals surface area contributed by atoms with Crippen LogP contribution in [0.4, 0.5) is 0 Å². The lowest BCUT2D eigenvalue weighted by Crippen LogP contribution is -2.27. The van der Waals surface area contributed by atoms with Crippen LogP contribution in [0.2, 0.25) is 0 Å². The van der Waals surface area contributed by atoms with E-state index in [-0.39, 0.29) is 19.1 Å². The third kappa shape index (κ3) is 6.63. The minimum Gasteiger partial charge on any atom is -0.487 e. The van der Waals surface area contributed by atoms with Crippen LogP contribution in [-0.2, 0) is 0 Å². The molecule has 0 spiro atoms. The molecule has 0 heterocycles. The lowest BCUT2D eigenvalue weighted by molar-refractivity contribution is 0.103. The Kier molecular flexibility index (Phi) is 9.00. The molecule has 0 aromatic heterocycles. The van der Waals surface area contributed by atoms with Crippen LogP contribution in [0, 0.1) is 13.8 Å². The van der Waals surface area contributed by atoms with Gasteiger partial charge in [-0.2, -0.15) is 13.5 Å². The van der Waals surface area contributed by atoms with Crippen LogP contribution >= 0.6 is 25.3 Å². The van der Waals surface area contributed by atoms with Crippen molar-refractivity contribution in [1.29, 1.82) is 0 Å². The van der Waals surface area contributed by atoms with Gasteiger partial charge in [-0.25, -0.2) is 0 Å². The highest BCUT2D eigenvalue weighted by Crippen LogP contribution is 2.30. The van der Waals surface area contributed by atoms with Gasteiger partial charge in [0.2, 0.25) is 0 Å². The zero-order chi connectivity index (χ0) is 19.3. The highest BCUT2D eigenvalue weighted by atomic mass is 32.2. The van der Waals surface area contributed by atoms with E-state index < -0.39 is 6.10 Å². The summed E-state index contributed by atoms with van der Waals surface area (Å²) in [5.41, 5.74) is 4.03. The summed E-state index contributed by atoms with van der Waals surface area (Å²) in [5.74, 6) is 0.960. The van der Waals surface area contributed by atoms with Crippen molar-refractivity contribution < 1.29 is 9.84 Å². The summed E-state index contributed by atoms with van der Waals surface area (Å²) in [6.07, 6.45) is 6.20. The standard InChI is InChI=1S/C23H30O2S.H2S/c1-7-23(4,5)25-22-16(2)14-18(15-17(22)3)8-13-21(24)19-9-11-20(26-6)12-10-19;/h8-15,21,24H,7H2,1-6H3;1H2/b13-8-;. The minimum atomic E-state index is -0.610. The quantitative estimate of drug-likeness (QED) is 0.538. The number of aliphatic hydroxyl groups is 1. The van der Waals surface area contributed by atoms with Crippen LogP contribution < -0.4 is 4.74 Å². The largest absolute Gasteiger partial charge is 0.487 e. The van der Waals surface area contributed by atoms with Crippen LogP contribution in [0.1, 0.15) is 55.5 Å². The maximum absolute atomic E-state index is 10.4. The van der Waals surface area contributed by atoms with Gasteiger partial charge in [-0.3, -0.25) is 0 Å². The fourth-order valence-electron chi connectivity index (χ4n) is 2.70. The van der Waals surface area contributed by atoms with Crippen LogP contribution in [-0.4, -0.2) is 17.0 Å². The fourth-order valence-corrected chi connectivity index (χ4v) is 3.11. The summed E-state index contributed by atoms with van der Waals surface area (Å²) < 4.78 is 6.21. The van der Waals surface area contributed by atoms with E-state index in [0.29, 0.717) is 0 Å². The fraction of sp³-hybridized carbons (Fsp3) is 0.391. The molecule has 1 atom stereocenters. The SMILES string of the molecule is CCC(C)(C)Oc1c(C)cc(/C=C\C(O)c2ccc(SC)cc2)cc1C.S. The zero-order valence-corrected chi connectivity index (χ0v) is 19.0. The van der Waals surface area contributed by atoms with Crippen molar-refractivity contribution in [2.24, 2.45) is 0 Å². The molecule has 148 valence electrons. The monoisotopic (exact) mass is 404 g/mol. The molecule has 0 aliphatic rings. The number of aliphatic hydroxyl groups excluding tert-OH is 1. The number of benzene rings is 2. The van der Waals surface area contributed by atoms with E-state index in [1.807, 2.05) is 42.7 Å². The van der Waals surface area contributed by atoms with Gasteiger partial charge in [0, 0.05) is 4.90 Å². The Morgan fingerprint density at radius 3 is 2.15 bits per heavy atom. The zero-order valence-electron chi connectivity index (χ0n) is 17.2. The normalized spacial score (nSPS) is 12.7. The average Bonchev–Trinajstić information content (AvgIpc) is 2.63. The number of hydrogen-bond donors (Lipinski definition) is 1. The van der Waals surface area contributed by atoms with E-state index in [0.717, 1.165) is 34.4 Å². The second-order valence-electron chi connectivity index (χ2n) is 7.28. The number of hydrogen-bond acceptors (Lipinski definition) is 3. The second-order valence-corrected chi connectivity index (χ2v) is 8.16. The number of rotatable bonds is 7. The topological polar surface area (TPSA) is 29.5 Å². The summed E-state index contributed by atoms with van der Waals surface area (Å²) >= 11 is 1.70. The predicted octanol–water partition coefficient (Wildman–Crippen LogP) is 6.45. The van der Waals surface area contributed by atoms with Gasteiger partial charge in [0.05, 0.1) is 6.10 Å². The molecule has 0 radical (unpaired) electrons. The first kappa shape index (κ1) is 23.7. The molecule has 2 aromatic carbocycles. The summed E-state index contributed by atoms with van der Waals surface area (Å²) in [7, 11) is 0. The maximum Gasteiger partial charge on any atom is 0.125 e. The Morgan fingerprint density at radius 2 is 1.67 bits per heavy atom. The Balaban J connectivity index is 0.00000364. The van der Waals surface area contributed by atoms with E-state index in [1.165, 1.54) is 4.90 Å². The molecule has 0 saturated carbocycles. The van der Waals surface area contributed by atoms with Crippen LogP contribution in [0.15, 0.2) is 47.4 Å². The van der Waals surface area contributed by atoms with Gasteiger partial charge in [0.1, 0.15) is 11.4 Å². The van der Waals surface area contributed by atoms with Gasteiger partial charge < -0.3 is 9.84 Å². The molecular formula is C23H32O2S2. The highest BCUT2D eigenvalue weighted by Gasteiger charge is 2.19. The first-order chi connectivity index (χ1) is 12.3. The third-order valence-corrected chi connectivity index (χ3v) is 5.38. The van der Waals surface area contributed by atoms with E-state index >= 15 is 0 Å². The lowest BCUT2D eigenvalue weighted by atomic mass is 10.0. The van der Waals surface area contributed by atoms with Crippen molar-refractivity contribution in [3.8, 4) is 5.75 Å². The molecule has 27 heavy (non-hydrogen) atoms. The lowest BCUT2D eigenvalue weighted by Gasteiger charge is -2.27. The number of ether oxygens (including phenoxy) is 1. The highest BCUT2D eigenvalue weighted by molar-refractivity contribution is 7.98. The molecule has 0 amide bonds. The van der Waals surface area contributed by atoms with E-state index in [9.17, 15) is 5.11 Å². The average molecular weight is 405 g/mol. The summed E-state index contributed by atoms with van der Waals surface area (Å²) in [6, 6.07) is 12.2. The van der Waals surface area contributed by atoms with Gasteiger partial charge in [0.15, 0.2) is 0 Å². The Hall–Kier alpha value is -1.36. The molecule has 4 heteroatoms. The molecule has 2 nitrogen and oxygen atoms in total. The molecule has 2 rings (SSSR count). The Morgan fingerprint density at radius 1 is 1.11 bits per heavy atom. The summed E-state index contributed by atoms with van der Waals surface area (Å²) in [6.45, 7) is 10.5. The Labute approximate surface area is 175 Å². The first-order valence-electron chi connectivity index (χ1n) is 9.06. The van der Waals surface area contributed by atoms with Gasteiger partial charge in [-0.15, -0.1) is 11.8 Å². The van der Waals surface area contributed by atoms with Crippen molar-refractivity contribution in [3.63, 3.8) is 0 Å². The van der Waals surface area contributed by atoms with Crippen LogP contribution in [0.25, 0.3) is 6.08 Å². The second kappa shape index (κ2) is 10.3. The molecular weight excluding hydrogens is 372 g/mol. The van der Waals surface area contributed by atoms with Gasteiger partial charge >= 0.3 is 0 Å². The van der Waals surface area contributed by atoms with Crippen LogP contribution in [0.5, 0.6) is 5.75 Å². The van der Waals surface area contributed by atoms with Crippen molar-refractivity contribution >= 4 is 31.3 Å². The van der Waals surface area contributed by atoms with Crippen molar-refractivity contribution in [3.05, 3.63) is 64.7 Å². The molecule has 0 aliphatic heterocycles.